The van der Waals surface area contributed by atoms with Crippen molar-refractivity contribution < 1.29 is 54.1 Å². The van der Waals surface area contributed by atoms with Crippen LogP contribution < -0.4 is 0 Å². The van der Waals surface area contributed by atoms with E-state index in [0.29, 0.717) is 0 Å². The molecule has 28 heavy (non-hydrogen) atoms. The largest absolute Gasteiger partial charge is 0.481 e. The molecule has 0 aromatic rings. The van der Waals surface area contributed by atoms with Crippen molar-refractivity contribution in [2.75, 3.05) is 13.7 Å². The number of carbonyl (C=O) groups excluding carboxylic acids is 1. The fraction of sp³-hybridized carbons (Fsp3) is 0.647. The third-order valence-electron chi connectivity index (χ3n) is 5.18. The van der Waals surface area contributed by atoms with Gasteiger partial charge in [0.1, 0.15) is 24.4 Å². The quantitative estimate of drug-likeness (QED) is 0.248. The highest BCUT2D eigenvalue weighted by molar-refractivity contribution is 5.90. The number of ether oxygens (including phenoxy) is 4. The number of aliphatic carboxylic acids is 1. The molecule has 5 N–H and O–H groups in total. The van der Waals surface area contributed by atoms with Crippen LogP contribution in [-0.2, 0) is 28.5 Å². The normalized spacial score (nSPS) is 42.3. The maximum absolute atomic E-state index is 11.9. The minimum Gasteiger partial charge on any atom is -0.481 e. The van der Waals surface area contributed by atoms with Crippen LogP contribution in [0.5, 0.6) is 0 Å². The fourth-order valence-electron chi connectivity index (χ4n) is 3.66. The third-order valence-corrected chi connectivity index (χ3v) is 5.18. The van der Waals surface area contributed by atoms with Gasteiger partial charge in [-0.2, -0.15) is 0 Å². The summed E-state index contributed by atoms with van der Waals surface area (Å²) in [5.74, 6) is -4.44. The van der Waals surface area contributed by atoms with Gasteiger partial charge in [-0.25, -0.2) is 4.79 Å². The summed E-state index contributed by atoms with van der Waals surface area (Å²) < 4.78 is 20.9. The van der Waals surface area contributed by atoms with Crippen LogP contribution in [0.15, 0.2) is 24.0 Å². The van der Waals surface area contributed by atoms with Crippen molar-refractivity contribution in [3.05, 3.63) is 24.0 Å². The van der Waals surface area contributed by atoms with Gasteiger partial charge in [-0.05, 0) is 0 Å². The zero-order valence-corrected chi connectivity index (χ0v) is 14.8. The maximum atomic E-state index is 11.9. The Morgan fingerprint density at radius 3 is 2.43 bits per heavy atom. The molecule has 9 atom stereocenters. The second kappa shape index (κ2) is 8.15. The molecule has 0 aromatic heterocycles. The number of carbonyl (C=O) groups is 2. The van der Waals surface area contributed by atoms with Gasteiger partial charge in [0.25, 0.3) is 0 Å². The number of allylic oxidation sites excluding steroid dienone is 1. The molecule has 1 aliphatic carbocycles. The molecule has 11 nitrogen and oxygen atoms in total. The number of aliphatic hydroxyl groups excluding tert-OH is 4. The number of carboxylic acids is 1. The van der Waals surface area contributed by atoms with E-state index >= 15 is 0 Å². The molecule has 2 heterocycles. The topological polar surface area (TPSA) is 172 Å². The predicted octanol–water partition coefficient (Wildman–Crippen LogP) is -2.28. The van der Waals surface area contributed by atoms with Gasteiger partial charge in [-0.15, -0.1) is 0 Å². The number of rotatable bonds is 5. The van der Waals surface area contributed by atoms with Crippen molar-refractivity contribution in [2.45, 2.75) is 37.0 Å². The van der Waals surface area contributed by atoms with Crippen molar-refractivity contribution in [1.29, 1.82) is 0 Å². The van der Waals surface area contributed by atoms with Crippen LogP contribution in [-0.4, -0.2) is 88.2 Å². The van der Waals surface area contributed by atoms with E-state index in [1.807, 2.05) is 0 Å². The number of fused-ring (bicyclic) bond motifs is 1. The molecule has 0 radical (unpaired) electrons. The first-order valence-corrected chi connectivity index (χ1v) is 8.61. The molecule has 0 saturated carbocycles. The standard InChI is InChI=1S/C17H22O11/c1-25-15(24)8-5-26-16(10-6(8)2-3-7(10)14(22)23)28-17-13(21)12(20)11(19)9(4-18)27-17/h2-3,5-7,9-13,16-21H,4H2,1H3,(H,22,23)/t6-,7-,9+,10-,11+,12-,13+,16-,17-/m0/s1. The Morgan fingerprint density at radius 1 is 1.11 bits per heavy atom. The first-order chi connectivity index (χ1) is 13.3. The van der Waals surface area contributed by atoms with Crippen molar-refractivity contribution in [1.82, 2.24) is 0 Å². The zero-order valence-electron chi connectivity index (χ0n) is 14.8. The molecule has 0 bridgehead atoms. The summed E-state index contributed by atoms with van der Waals surface area (Å²) in [6, 6.07) is 0. The van der Waals surface area contributed by atoms with Gasteiger partial charge < -0.3 is 44.5 Å². The first-order valence-electron chi connectivity index (χ1n) is 8.61. The monoisotopic (exact) mass is 402 g/mol. The lowest BCUT2D eigenvalue weighted by Gasteiger charge is -2.43. The van der Waals surface area contributed by atoms with Crippen LogP contribution in [0.2, 0.25) is 0 Å². The predicted molar refractivity (Wildman–Crippen MR) is 87.1 cm³/mol. The molecule has 1 saturated heterocycles. The average molecular weight is 402 g/mol. The van der Waals surface area contributed by atoms with Crippen molar-refractivity contribution in [3.8, 4) is 0 Å². The van der Waals surface area contributed by atoms with Crippen LogP contribution >= 0.6 is 0 Å². The molecule has 0 amide bonds. The number of methoxy groups -OCH3 is 1. The smallest absolute Gasteiger partial charge is 0.337 e. The lowest BCUT2D eigenvalue weighted by molar-refractivity contribution is -0.342. The molecule has 0 aromatic carbocycles. The molecular formula is C17H22O11. The van der Waals surface area contributed by atoms with Gasteiger partial charge in [0.05, 0.1) is 31.5 Å². The van der Waals surface area contributed by atoms with Crippen molar-refractivity contribution >= 4 is 11.9 Å². The molecule has 11 heteroatoms. The second-order valence-electron chi connectivity index (χ2n) is 6.75. The Hall–Kier alpha value is -2.02. The summed E-state index contributed by atoms with van der Waals surface area (Å²) in [7, 11) is 1.18. The maximum Gasteiger partial charge on any atom is 0.337 e. The number of aliphatic hydroxyl groups is 4. The van der Waals surface area contributed by atoms with E-state index in [1.165, 1.54) is 13.2 Å². The number of hydrogen-bond donors (Lipinski definition) is 5. The van der Waals surface area contributed by atoms with Crippen molar-refractivity contribution in [3.63, 3.8) is 0 Å². The van der Waals surface area contributed by atoms with Crippen LogP contribution in [0.4, 0.5) is 0 Å². The SMILES string of the molecule is COC(=O)C1=CO[C@@H](O[C@@H]2O[C@H](CO)[C@@H](O)[C@H](O)[C@H]2O)[C@@H]2[C@@H](C(=O)O)C=C[C@@H]12. The van der Waals surface area contributed by atoms with E-state index in [4.69, 9.17) is 14.2 Å². The van der Waals surface area contributed by atoms with E-state index in [-0.39, 0.29) is 5.57 Å². The van der Waals surface area contributed by atoms with E-state index in [0.717, 1.165) is 6.26 Å². The van der Waals surface area contributed by atoms with Crippen LogP contribution in [0.25, 0.3) is 0 Å². The summed E-state index contributed by atoms with van der Waals surface area (Å²) in [5, 5.41) is 48.6. The van der Waals surface area contributed by atoms with E-state index in [1.54, 1.807) is 6.08 Å². The number of hydrogen-bond acceptors (Lipinski definition) is 10. The third kappa shape index (κ3) is 3.52. The van der Waals surface area contributed by atoms with E-state index < -0.39 is 73.3 Å². The molecular weight excluding hydrogens is 380 g/mol. The van der Waals surface area contributed by atoms with E-state index in [9.17, 15) is 35.1 Å². The van der Waals surface area contributed by atoms with Gasteiger partial charge in [0.15, 0.2) is 6.29 Å². The van der Waals surface area contributed by atoms with Gasteiger partial charge in [0.2, 0.25) is 6.29 Å². The zero-order chi connectivity index (χ0) is 20.6. The molecule has 0 spiro atoms. The minimum absolute atomic E-state index is 0.112. The summed E-state index contributed by atoms with van der Waals surface area (Å²) in [5.41, 5.74) is 0.112. The number of carboxylic acid groups (broad SMARTS) is 1. The molecule has 156 valence electrons. The summed E-state index contributed by atoms with van der Waals surface area (Å²) in [6.45, 7) is -0.645. The molecule has 1 fully saturated rings. The Balaban J connectivity index is 1.84. The summed E-state index contributed by atoms with van der Waals surface area (Å²) >= 11 is 0. The molecule has 3 aliphatic rings. The molecule has 3 rings (SSSR count). The number of esters is 1. The highest BCUT2D eigenvalue weighted by Crippen LogP contribution is 2.43. The Labute approximate surface area is 159 Å². The fourth-order valence-corrected chi connectivity index (χ4v) is 3.66. The van der Waals surface area contributed by atoms with Crippen LogP contribution in [0.3, 0.4) is 0 Å². The minimum atomic E-state index is -1.68. The highest BCUT2D eigenvalue weighted by atomic mass is 16.8. The van der Waals surface area contributed by atoms with Crippen molar-refractivity contribution in [2.24, 2.45) is 17.8 Å². The van der Waals surface area contributed by atoms with Crippen LogP contribution in [0.1, 0.15) is 0 Å². The van der Waals surface area contributed by atoms with Gasteiger partial charge in [-0.3, -0.25) is 4.79 Å². The van der Waals surface area contributed by atoms with E-state index in [2.05, 4.69) is 4.74 Å². The van der Waals surface area contributed by atoms with Gasteiger partial charge >= 0.3 is 11.9 Å². The summed E-state index contributed by atoms with van der Waals surface area (Å²) in [6.07, 6.45) is -4.81. The average Bonchev–Trinajstić information content (AvgIpc) is 3.13. The lowest BCUT2D eigenvalue weighted by atomic mass is 9.81. The Kier molecular flexibility index (Phi) is 6.03. The van der Waals surface area contributed by atoms with Crippen LogP contribution in [0, 0.1) is 17.8 Å². The Morgan fingerprint density at radius 2 is 1.82 bits per heavy atom. The molecule has 2 aliphatic heterocycles. The van der Waals surface area contributed by atoms with Gasteiger partial charge in [0, 0.05) is 11.8 Å². The molecule has 0 unspecified atom stereocenters. The highest BCUT2D eigenvalue weighted by Gasteiger charge is 2.51. The lowest BCUT2D eigenvalue weighted by Crippen LogP contribution is -2.60. The summed E-state index contributed by atoms with van der Waals surface area (Å²) in [4.78, 5) is 23.6. The Bertz CT molecular complexity index is 672. The second-order valence-corrected chi connectivity index (χ2v) is 6.75. The van der Waals surface area contributed by atoms with Gasteiger partial charge in [-0.1, -0.05) is 12.2 Å². The first kappa shape index (κ1) is 20.7.